The number of fused-ring (bicyclic) bond motifs is 1. The summed E-state index contributed by atoms with van der Waals surface area (Å²) in [5, 5.41) is 20.1. The van der Waals surface area contributed by atoms with E-state index in [9.17, 15) is 19.5 Å². The lowest BCUT2D eigenvalue weighted by Crippen LogP contribution is -2.07. The van der Waals surface area contributed by atoms with Crippen molar-refractivity contribution in [3.63, 3.8) is 0 Å². The van der Waals surface area contributed by atoms with E-state index in [-0.39, 0.29) is 23.9 Å². The Morgan fingerprint density at radius 3 is 2.19 bits per heavy atom. The molecule has 3 heterocycles. The first kappa shape index (κ1) is 30.1. The summed E-state index contributed by atoms with van der Waals surface area (Å²) in [4.78, 5) is 33.7. The number of phenolic OH excluding ortho intramolecular Hbond substituents is 1. The van der Waals surface area contributed by atoms with Gasteiger partial charge in [-0.1, -0.05) is 56.0 Å². The molecule has 0 radical (unpaired) electrons. The standard InChI is InChI=1S/C18H20O5S2.C8H14O2S2/c19-13-5-6-15-12(9-18(21)23-16(15)10-13)11-22-17(20)4-2-1-3-14-7-8-24-25-14;9-8(10)4-2-1-3-7-5-6-11-12-7/h5-6,9-10,14,19H,1-4,7-8,11H2;7H,1-6H2,(H,9,10)/t14-;7-/m01/s1. The summed E-state index contributed by atoms with van der Waals surface area (Å²) in [5.41, 5.74) is 0.334. The van der Waals surface area contributed by atoms with Crippen LogP contribution in [-0.2, 0) is 20.9 Å². The molecule has 2 aromatic rings. The normalized spacial score (nSPS) is 18.9. The van der Waals surface area contributed by atoms with Crippen molar-refractivity contribution in [2.24, 2.45) is 0 Å². The van der Waals surface area contributed by atoms with Gasteiger partial charge in [-0.25, -0.2) is 4.79 Å². The molecule has 0 saturated carbocycles. The summed E-state index contributed by atoms with van der Waals surface area (Å²) in [6.07, 6.45) is 9.43. The molecule has 4 rings (SSSR count). The molecule has 2 saturated heterocycles. The molecule has 2 fully saturated rings. The second-order valence-corrected chi connectivity index (χ2v) is 14.5. The molecule has 7 nitrogen and oxygen atoms in total. The third-order valence-electron chi connectivity index (χ3n) is 5.98. The average Bonchev–Trinajstić information content (AvgIpc) is 3.57. The molecule has 0 unspecified atom stereocenters. The van der Waals surface area contributed by atoms with E-state index in [1.54, 1.807) is 6.07 Å². The number of hydrogen-bond acceptors (Lipinski definition) is 10. The molecular formula is C26H34O7S4. The molecule has 11 heteroatoms. The fraction of sp³-hybridized carbons (Fsp3) is 0.577. The fourth-order valence-corrected chi connectivity index (χ4v) is 10.0. The van der Waals surface area contributed by atoms with Crippen molar-refractivity contribution in [3.8, 4) is 5.75 Å². The number of hydrogen-bond donors (Lipinski definition) is 2. The van der Waals surface area contributed by atoms with Crippen molar-refractivity contribution >= 4 is 66.1 Å². The monoisotopic (exact) mass is 586 g/mol. The Balaban J connectivity index is 0.000000266. The van der Waals surface area contributed by atoms with Crippen LogP contribution in [0.4, 0.5) is 0 Å². The van der Waals surface area contributed by atoms with Gasteiger partial charge in [0, 0.05) is 57.9 Å². The number of carboxylic acids is 1. The number of carbonyl (C=O) groups excluding carboxylic acids is 1. The van der Waals surface area contributed by atoms with Crippen molar-refractivity contribution in [3.05, 3.63) is 40.2 Å². The van der Waals surface area contributed by atoms with E-state index in [0.29, 0.717) is 23.8 Å². The third kappa shape index (κ3) is 11.5. The van der Waals surface area contributed by atoms with Gasteiger partial charge in [0.1, 0.15) is 17.9 Å². The summed E-state index contributed by atoms with van der Waals surface area (Å²) < 4.78 is 10.4. The Kier molecular flexibility index (Phi) is 13.4. The minimum absolute atomic E-state index is 0.0172. The van der Waals surface area contributed by atoms with Crippen molar-refractivity contribution in [2.75, 3.05) is 11.5 Å². The highest BCUT2D eigenvalue weighted by Crippen LogP contribution is 2.40. The molecule has 0 spiro atoms. The van der Waals surface area contributed by atoms with Gasteiger partial charge in [-0.2, -0.15) is 0 Å². The first-order valence-corrected chi connectivity index (χ1v) is 17.4. The number of rotatable bonds is 12. The number of esters is 1. The second-order valence-electron chi connectivity index (χ2n) is 8.97. The summed E-state index contributed by atoms with van der Waals surface area (Å²) in [7, 11) is 7.80. The molecule has 0 aliphatic carbocycles. The summed E-state index contributed by atoms with van der Waals surface area (Å²) in [5.74, 6) is 1.60. The van der Waals surface area contributed by atoms with Gasteiger partial charge in [0.2, 0.25) is 0 Å². The minimum atomic E-state index is -0.663. The van der Waals surface area contributed by atoms with Crippen molar-refractivity contribution in [1.82, 2.24) is 0 Å². The zero-order chi connectivity index (χ0) is 26.5. The zero-order valence-electron chi connectivity index (χ0n) is 20.7. The van der Waals surface area contributed by atoms with Crippen molar-refractivity contribution in [2.45, 2.75) is 81.3 Å². The van der Waals surface area contributed by atoms with Gasteiger partial charge in [0.25, 0.3) is 0 Å². The van der Waals surface area contributed by atoms with Gasteiger partial charge in [-0.3, -0.25) is 9.59 Å². The summed E-state index contributed by atoms with van der Waals surface area (Å²) in [6.45, 7) is 0.0286. The quantitative estimate of drug-likeness (QED) is 0.115. The van der Waals surface area contributed by atoms with Crippen LogP contribution < -0.4 is 5.63 Å². The maximum atomic E-state index is 11.9. The van der Waals surface area contributed by atoms with Crippen LogP contribution in [0.2, 0.25) is 0 Å². The summed E-state index contributed by atoms with van der Waals surface area (Å²) >= 11 is 0. The molecule has 1 aromatic carbocycles. The van der Waals surface area contributed by atoms with Crippen LogP contribution in [0.5, 0.6) is 5.75 Å². The highest BCUT2D eigenvalue weighted by molar-refractivity contribution is 8.77. The van der Waals surface area contributed by atoms with Crippen LogP contribution in [0.25, 0.3) is 11.0 Å². The summed E-state index contributed by atoms with van der Waals surface area (Å²) in [6, 6.07) is 5.85. The highest BCUT2D eigenvalue weighted by Gasteiger charge is 2.17. The Morgan fingerprint density at radius 1 is 0.946 bits per heavy atom. The van der Waals surface area contributed by atoms with Crippen LogP contribution in [-0.4, -0.2) is 44.2 Å². The molecule has 1 aromatic heterocycles. The topological polar surface area (TPSA) is 114 Å². The highest BCUT2D eigenvalue weighted by atomic mass is 33.1. The molecule has 204 valence electrons. The lowest BCUT2D eigenvalue weighted by molar-refractivity contribution is -0.145. The number of aromatic hydroxyl groups is 1. The second kappa shape index (κ2) is 16.5. The Morgan fingerprint density at radius 2 is 1.59 bits per heavy atom. The predicted molar refractivity (Wildman–Crippen MR) is 155 cm³/mol. The average molecular weight is 587 g/mol. The first-order valence-electron chi connectivity index (χ1n) is 12.6. The molecule has 2 N–H and O–H groups in total. The number of phenols is 1. The van der Waals surface area contributed by atoms with E-state index in [1.165, 1.54) is 49.0 Å². The molecule has 2 atom stereocenters. The van der Waals surface area contributed by atoms with E-state index in [1.807, 2.05) is 43.2 Å². The zero-order valence-corrected chi connectivity index (χ0v) is 24.0. The maximum Gasteiger partial charge on any atom is 0.336 e. The van der Waals surface area contributed by atoms with Gasteiger partial charge >= 0.3 is 17.6 Å². The van der Waals surface area contributed by atoms with E-state index in [4.69, 9.17) is 14.3 Å². The number of aliphatic carboxylic acids is 1. The van der Waals surface area contributed by atoms with E-state index in [0.717, 1.165) is 42.6 Å². The minimum Gasteiger partial charge on any atom is -0.508 e. The lowest BCUT2D eigenvalue weighted by Gasteiger charge is -2.08. The largest absolute Gasteiger partial charge is 0.508 e. The van der Waals surface area contributed by atoms with Crippen LogP contribution in [0.3, 0.4) is 0 Å². The van der Waals surface area contributed by atoms with E-state index >= 15 is 0 Å². The molecule has 2 aliphatic heterocycles. The predicted octanol–water partition coefficient (Wildman–Crippen LogP) is 7.04. The van der Waals surface area contributed by atoms with E-state index < -0.39 is 11.6 Å². The lowest BCUT2D eigenvalue weighted by atomic mass is 10.1. The van der Waals surface area contributed by atoms with Crippen LogP contribution in [0.15, 0.2) is 33.5 Å². The van der Waals surface area contributed by atoms with Gasteiger partial charge in [0.05, 0.1) is 0 Å². The van der Waals surface area contributed by atoms with E-state index in [2.05, 4.69) is 0 Å². The Hall–Kier alpha value is -1.43. The van der Waals surface area contributed by atoms with Gasteiger partial charge in [-0.05, 0) is 50.7 Å². The molecule has 2 aliphatic rings. The van der Waals surface area contributed by atoms with Crippen LogP contribution >= 0.6 is 43.2 Å². The Bertz CT molecular complexity index is 1060. The smallest absolute Gasteiger partial charge is 0.336 e. The number of ether oxygens (including phenoxy) is 1. The first-order chi connectivity index (χ1) is 17.9. The third-order valence-corrected chi connectivity index (χ3v) is 12.0. The van der Waals surface area contributed by atoms with Crippen LogP contribution in [0.1, 0.15) is 69.8 Å². The van der Waals surface area contributed by atoms with Crippen molar-refractivity contribution < 1.29 is 29.0 Å². The SMILES string of the molecule is O=C(CCCC[C@H]1CCSS1)OCc1cc(=O)oc2cc(O)ccc12.O=C(O)CCCC[C@@H]1CCSS1. The number of benzene rings is 1. The molecular weight excluding hydrogens is 553 g/mol. The number of carbonyl (C=O) groups is 2. The van der Waals surface area contributed by atoms with Gasteiger partial charge in [-0.15, -0.1) is 0 Å². The molecule has 0 bridgehead atoms. The van der Waals surface area contributed by atoms with Gasteiger partial charge in [0.15, 0.2) is 0 Å². The van der Waals surface area contributed by atoms with Gasteiger partial charge < -0.3 is 19.4 Å². The molecule has 37 heavy (non-hydrogen) atoms. The Labute approximate surface area is 233 Å². The van der Waals surface area contributed by atoms with Crippen molar-refractivity contribution in [1.29, 1.82) is 0 Å². The number of carboxylic acid groups (broad SMARTS) is 1. The molecule has 0 amide bonds. The number of unbranched alkanes of at least 4 members (excludes halogenated alkanes) is 2. The maximum absolute atomic E-state index is 11.9. The van der Waals surface area contributed by atoms with Crippen LogP contribution in [0, 0.1) is 0 Å². The fourth-order valence-electron chi connectivity index (χ4n) is 3.99.